The van der Waals surface area contributed by atoms with Crippen molar-refractivity contribution in [2.45, 2.75) is 24.4 Å². The number of halogens is 1. The number of anilines is 1. The summed E-state index contributed by atoms with van der Waals surface area (Å²) in [5.41, 5.74) is 1.80. The largest absolute Gasteiger partial charge is 0.381 e. The first kappa shape index (κ1) is 21.7. The molecule has 0 N–H and O–H groups in total. The second-order valence-corrected chi connectivity index (χ2v) is 9.89. The van der Waals surface area contributed by atoms with Crippen molar-refractivity contribution in [1.29, 1.82) is 0 Å². The fourth-order valence-electron chi connectivity index (χ4n) is 3.74. The zero-order chi connectivity index (χ0) is 22.0. The molecule has 3 aromatic rings. The maximum Gasteiger partial charge on any atom is 0.230 e. The van der Waals surface area contributed by atoms with Gasteiger partial charge in [-0.3, -0.25) is 4.79 Å². The van der Waals surface area contributed by atoms with Crippen LogP contribution >= 0.6 is 11.6 Å². The zero-order valence-corrected chi connectivity index (χ0v) is 18.6. The van der Waals surface area contributed by atoms with Crippen molar-refractivity contribution in [1.82, 2.24) is 9.97 Å². The van der Waals surface area contributed by atoms with Crippen LogP contribution in [0.3, 0.4) is 0 Å². The molecule has 1 aliphatic rings. The second kappa shape index (κ2) is 8.90. The molecule has 0 saturated carbocycles. The summed E-state index contributed by atoms with van der Waals surface area (Å²) in [5.74, 6) is -0.380. The first-order valence-electron chi connectivity index (χ1n) is 9.92. The van der Waals surface area contributed by atoms with Gasteiger partial charge in [-0.15, -0.1) is 0 Å². The number of amides is 1. The number of rotatable bonds is 5. The molecule has 2 aromatic heterocycles. The third-order valence-corrected chi connectivity index (χ3v) is 6.52. The fraction of sp³-hybridized carbons (Fsp3) is 0.318. The number of nitrogens with zero attached hydrogens (tertiary/aromatic N) is 3. The number of benzene rings is 1. The SMILES string of the molecule is CS(=O)(=O)c1ncccc1N(Cc1ccc2ccc(Cl)nc2c1)C(=O)C1CCOCC1. The van der Waals surface area contributed by atoms with Gasteiger partial charge in [0.15, 0.2) is 14.9 Å². The summed E-state index contributed by atoms with van der Waals surface area (Å²) in [6.07, 6.45) is 3.70. The molecule has 0 atom stereocenters. The van der Waals surface area contributed by atoms with E-state index in [1.54, 1.807) is 18.2 Å². The molecule has 7 nitrogen and oxygen atoms in total. The molecule has 0 bridgehead atoms. The van der Waals surface area contributed by atoms with Crippen LogP contribution in [0.1, 0.15) is 18.4 Å². The number of ether oxygens (including phenoxy) is 1. The minimum atomic E-state index is -3.63. The van der Waals surface area contributed by atoms with Gasteiger partial charge in [-0.25, -0.2) is 18.4 Å². The van der Waals surface area contributed by atoms with Crippen molar-refractivity contribution in [3.63, 3.8) is 0 Å². The van der Waals surface area contributed by atoms with E-state index in [-0.39, 0.29) is 29.1 Å². The average Bonchev–Trinajstić information content (AvgIpc) is 2.77. The molecule has 3 heterocycles. The van der Waals surface area contributed by atoms with Crippen LogP contribution in [0.2, 0.25) is 5.15 Å². The maximum absolute atomic E-state index is 13.5. The Morgan fingerprint density at radius 2 is 1.94 bits per heavy atom. The highest BCUT2D eigenvalue weighted by Crippen LogP contribution is 2.29. The highest BCUT2D eigenvalue weighted by molar-refractivity contribution is 7.90. The molecule has 4 rings (SSSR count). The van der Waals surface area contributed by atoms with Crippen LogP contribution in [-0.4, -0.2) is 43.8 Å². The van der Waals surface area contributed by atoms with Gasteiger partial charge in [0, 0.05) is 37.0 Å². The summed E-state index contributed by atoms with van der Waals surface area (Å²) in [6.45, 7) is 1.21. The Bertz CT molecular complexity index is 1230. The Kier molecular flexibility index (Phi) is 6.22. The number of sulfone groups is 1. The van der Waals surface area contributed by atoms with Crippen molar-refractivity contribution in [3.8, 4) is 0 Å². The van der Waals surface area contributed by atoms with E-state index in [2.05, 4.69) is 9.97 Å². The van der Waals surface area contributed by atoms with Crippen LogP contribution in [-0.2, 0) is 25.9 Å². The van der Waals surface area contributed by atoms with Gasteiger partial charge in [-0.05, 0) is 48.7 Å². The van der Waals surface area contributed by atoms with Crippen LogP contribution in [0.4, 0.5) is 5.69 Å². The lowest BCUT2D eigenvalue weighted by molar-refractivity contribution is -0.125. The van der Waals surface area contributed by atoms with E-state index in [4.69, 9.17) is 16.3 Å². The summed E-state index contributed by atoms with van der Waals surface area (Å²) in [5, 5.41) is 1.19. The summed E-state index contributed by atoms with van der Waals surface area (Å²) in [4.78, 5) is 23.4. The normalized spacial score (nSPS) is 15.2. The van der Waals surface area contributed by atoms with Crippen molar-refractivity contribution < 1.29 is 17.9 Å². The van der Waals surface area contributed by atoms with E-state index in [0.29, 0.717) is 36.7 Å². The molecule has 0 unspecified atom stereocenters. The fourth-order valence-corrected chi connectivity index (χ4v) is 4.70. The van der Waals surface area contributed by atoms with Crippen molar-refractivity contribution >= 4 is 43.9 Å². The number of aromatic nitrogens is 2. The van der Waals surface area contributed by atoms with Crippen molar-refractivity contribution in [2.24, 2.45) is 5.92 Å². The van der Waals surface area contributed by atoms with Crippen LogP contribution in [0, 0.1) is 5.92 Å². The topological polar surface area (TPSA) is 89.5 Å². The van der Waals surface area contributed by atoms with Crippen LogP contribution in [0.5, 0.6) is 0 Å². The Labute approximate surface area is 185 Å². The molecule has 0 radical (unpaired) electrons. The van der Waals surface area contributed by atoms with Gasteiger partial charge in [0.1, 0.15) is 5.15 Å². The molecule has 1 aromatic carbocycles. The summed E-state index contributed by atoms with van der Waals surface area (Å²) >= 11 is 6.03. The van der Waals surface area contributed by atoms with E-state index < -0.39 is 9.84 Å². The molecule has 1 amide bonds. The van der Waals surface area contributed by atoms with Gasteiger partial charge in [-0.2, -0.15) is 0 Å². The van der Waals surface area contributed by atoms with Crippen molar-refractivity contribution in [2.75, 3.05) is 24.4 Å². The Hall–Kier alpha value is -2.55. The number of carbonyl (C=O) groups is 1. The lowest BCUT2D eigenvalue weighted by Crippen LogP contribution is -2.39. The third-order valence-electron chi connectivity index (χ3n) is 5.29. The van der Waals surface area contributed by atoms with Gasteiger partial charge in [0.2, 0.25) is 5.91 Å². The Morgan fingerprint density at radius 3 is 2.68 bits per heavy atom. The number of carbonyl (C=O) groups excluding carboxylic acids is 1. The number of hydrogen-bond acceptors (Lipinski definition) is 6. The quantitative estimate of drug-likeness (QED) is 0.541. The smallest absolute Gasteiger partial charge is 0.230 e. The first-order valence-corrected chi connectivity index (χ1v) is 12.2. The summed E-state index contributed by atoms with van der Waals surface area (Å²) < 4.78 is 30.1. The molecule has 1 saturated heterocycles. The molecule has 1 aliphatic heterocycles. The van der Waals surface area contributed by atoms with E-state index in [1.165, 1.54) is 11.1 Å². The molecule has 162 valence electrons. The van der Waals surface area contributed by atoms with Crippen LogP contribution in [0.15, 0.2) is 53.7 Å². The molecular weight excluding hydrogens is 438 g/mol. The Balaban J connectivity index is 1.77. The van der Waals surface area contributed by atoms with Crippen LogP contribution in [0.25, 0.3) is 10.9 Å². The molecule has 9 heteroatoms. The second-order valence-electron chi connectivity index (χ2n) is 7.57. The molecule has 0 spiro atoms. The summed E-state index contributed by atoms with van der Waals surface area (Å²) in [7, 11) is -3.63. The predicted octanol–water partition coefficient (Wildman–Crippen LogP) is 3.65. The van der Waals surface area contributed by atoms with E-state index in [1.807, 2.05) is 24.3 Å². The highest BCUT2D eigenvalue weighted by Gasteiger charge is 2.30. The standard InChI is InChI=1S/C22H22ClN3O4S/c1-31(28,29)21-19(3-2-10-24-21)26(22(27)17-8-11-30-12-9-17)14-15-4-5-16-6-7-20(23)25-18(16)13-15/h2-7,10,13,17H,8-9,11-12,14H2,1H3. The van der Waals surface area contributed by atoms with E-state index in [0.717, 1.165) is 17.2 Å². The van der Waals surface area contributed by atoms with E-state index >= 15 is 0 Å². The van der Waals surface area contributed by atoms with E-state index in [9.17, 15) is 13.2 Å². The first-order chi connectivity index (χ1) is 14.8. The molecular formula is C22H22ClN3O4S. The van der Waals surface area contributed by atoms with Gasteiger partial charge in [0.25, 0.3) is 0 Å². The molecule has 1 fully saturated rings. The van der Waals surface area contributed by atoms with Crippen molar-refractivity contribution in [3.05, 3.63) is 59.4 Å². The number of pyridine rings is 2. The predicted molar refractivity (Wildman–Crippen MR) is 119 cm³/mol. The van der Waals surface area contributed by atoms with Crippen LogP contribution < -0.4 is 4.90 Å². The number of fused-ring (bicyclic) bond motifs is 1. The molecule has 0 aliphatic carbocycles. The van der Waals surface area contributed by atoms with Gasteiger partial charge in [-0.1, -0.05) is 23.7 Å². The average molecular weight is 460 g/mol. The minimum Gasteiger partial charge on any atom is -0.381 e. The minimum absolute atomic E-state index is 0.114. The molecule has 31 heavy (non-hydrogen) atoms. The van der Waals surface area contributed by atoms with Gasteiger partial charge >= 0.3 is 0 Å². The lowest BCUT2D eigenvalue weighted by Gasteiger charge is -2.30. The summed E-state index contributed by atoms with van der Waals surface area (Å²) in [6, 6.07) is 12.5. The van der Waals surface area contributed by atoms with Gasteiger partial charge < -0.3 is 9.64 Å². The van der Waals surface area contributed by atoms with Gasteiger partial charge in [0.05, 0.1) is 17.7 Å². The number of hydrogen-bond donors (Lipinski definition) is 0. The zero-order valence-electron chi connectivity index (χ0n) is 17.0. The third kappa shape index (κ3) is 4.87. The highest BCUT2D eigenvalue weighted by atomic mass is 35.5. The lowest BCUT2D eigenvalue weighted by atomic mass is 9.98. The maximum atomic E-state index is 13.5. The monoisotopic (exact) mass is 459 g/mol. The Morgan fingerprint density at radius 1 is 1.19 bits per heavy atom.